The SMILES string of the molecule is CCCCCCCCCCC(C)(C(=O)O)C(C)(C)N. The molecule has 0 amide bonds. The van der Waals surface area contributed by atoms with Gasteiger partial charge in [0.15, 0.2) is 0 Å². The molecule has 0 fully saturated rings. The fourth-order valence-corrected chi connectivity index (χ4v) is 2.32. The predicted octanol–water partition coefficient (Wildman–Crippen LogP) is 4.35. The second-order valence-electron chi connectivity index (χ2n) is 6.58. The number of carboxylic acids is 1. The van der Waals surface area contributed by atoms with Gasteiger partial charge in [0.1, 0.15) is 0 Å². The van der Waals surface area contributed by atoms with E-state index in [1.807, 2.05) is 13.8 Å². The Labute approximate surface area is 119 Å². The van der Waals surface area contributed by atoms with Crippen molar-refractivity contribution in [3.63, 3.8) is 0 Å². The lowest BCUT2D eigenvalue weighted by Crippen LogP contribution is -2.53. The molecule has 0 heterocycles. The van der Waals surface area contributed by atoms with Crippen molar-refractivity contribution in [3.05, 3.63) is 0 Å². The summed E-state index contributed by atoms with van der Waals surface area (Å²) >= 11 is 0. The van der Waals surface area contributed by atoms with Gasteiger partial charge in [-0.15, -0.1) is 0 Å². The first kappa shape index (κ1) is 18.4. The number of hydrogen-bond acceptors (Lipinski definition) is 2. The molecule has 0 aromatic carbocycles. The molecule has 3 N–H and O–H groups in total. The standard InChI is InChI=1S/C16H33NO2/c1-5-6-7-8-9-10-11-12-13-16(4,14(18)19)15(2,3)17/h5-13,17H2,1-4H3,(H,18,19). The van der Waals surface area contributed by atoms with Gasteiger partial charge in [-0.25, -0.2) is 0 Å². The van der Waals surface area contributed by atoms with Crippen molar-refractivity contribution in [2.45, 2.75) is 91.0 Å². The molecule has 0 saturated carbocycles. The second kappa shape index (κ2) is 8.57. The van der Waals surface area contributed by atoms with E-state index in [1.165, 1.54) is 38.5 Å². The number of unbranched alkanes of at least 4 members (excludes halogenated alkanes) is 7. The van der Waals surface area contributed by atoms with Gasteiger partial charge in [-0.1, -0.05) is 58.3 Å². The van der Waals surface area contributed by atoms with Crippen LogP contribution in [0.25, 0.3) is 0 Å². The van der Waals surface area contributed by atoms with E-state index in [1.54, 1.807) is 6.92 Å². The van der Waals surface area contributed by atoms with Crippen molar-refractivity contribution in [1.82, 2.24) is 0 Å². The van der Waals surface area contributed by atoms with Crippen molar-refractivity contribution in [1.29, 1.82) is 0 Å². The summed E-state index contributed by atoms with van der Waals surface area (Å²) in [7, 11) is 0. The molecule has 0 spiro atoms. The minimum absolute atomic E-state index is 0.667. The Hall–Kier alpha value is -0.570. The van der Waals surface area contributed by atoms with E-state index in [2.05, 4.69) is 6.92 Å². The Balaban J connectivity index is 3.88. The molecule has 0 aliphatic heterocycles. The van der Waals surface area contributed by atoms with Crippen LogP contribution in [-0.2, 0) is 4.79 Å². The van der Waals surface area contributed by atoms with Crippen molar-refractivity contribution in [2.75, 3.05) is 0 Å². The van der Waals surface area contributed by atoms with Crippen LogP contribution in [0.2, 0.25) is 0 Å². The first-order valence-corrected chi connectivity index (χ1v) is 7.78. The Morgan fingerprint density at radius 1 is 0.947 bits per heavy atom. The molecule has 1 atom stereocenters. The van der Waals surface area contributed by atoms with Crippen LogP contribution >= 0.6 is 0 Å². The van der Waals surface area contributed by atoms with Gasteiger partial charge in [0.25, 0.3) is 0 Å². The number of carboxylic acid groups (broad SMARTS) is 1. The molecule has 0 saturated heterocycles. The van der Waals surface area contributed by atoms with Crippen LogP contribution in [0.5, 0.6) is 0 Å². The van der Waals surface area contributed by atoms with E-state index in [0.717, 1.165) is 12.8 Å². The van der Waals surface area contributed by atoms with Gasteiger partial charge in [0.05, 0.1) is 5.41 Å². The Morgan fingerprint density at radius 3 is 1.74 bits per heavy atom. The van der Waals surface area contributed by atoms with Gasteiger partial charge in [0.2, 0.25) is 0 Å². The molecule has 0 aliphatic carbocycles. The second-order valence-corrected chi connectivity index (χ2v) is 6.58. The summed E-state index contributed by atoms with van der Waals surface area (Å²) < 4.78 is 0. The molecule has 0 bridgehead atoms. The molecule has 114 valence electrons. The minimum atomic E-state index is -0.824. The molecule has 0 aromatic rings. The van der Waals surface area contributed by atoms with Gasteiger partial charge < -0.3 is 10.8 Å². The zero-order valence-corrected chi connectivity index (χ0v) is 13.3. The number of nitrogens with two attached hydrogens (primary N) is 1. The third-order valence-corrected chi connectivity index (χ3v) is 4.42. The van der Waals surface area contributed by atoms with Gasteiger partial charge in [-0.2, -0.15) is 0 Å². The lowest BCUT2D eigenvalue weighted by molar-refractivity contribution is -0.152. The summed E-state index contributed by atoms with van der Waals surface area (Å²) in [6, 6.07) is 0. The fraction of sp³-hybridized carbons (Fsp3) is 0.938. The molecule has 3 nitrogen and oxygen atoms in total. The zero-order chi connectivity index (χ0) is 14.9. The van der Waals surface area contributed by atoms with E-state index in [4.69, 9.17) is 5.73 Å². The highest BCUT2D eigenvalue weighted by molar-refractivity contribution is 5.75. The normalized spacial score (nSPS) is 15.2. The maximum Gasteiger partial charge on any atom is 0.311 e. The summed E-state index contributed by atoms with van der Waals surface area (Å²) in [5, 5.41) is 9.39. The van der Waals surface area contributed by atoms with Crippen LogP contribution in [-0.4, -0.2) is 16.6 Å². The van der Waals surface area contributed by atoms with E-state index in [0.29, 0.717) is 6.42 Å². The molecule has 0 radical (unpaired) electrons. The molecule has 0 aromatic heterocycles. The number of aliphatic carboxylic acids is 1. The van der Waals surface area contributed by atoms with Gasteiger partial charge in [-0.3, -0.25) is 4.79 Å². The first-order valence-electron chi connectivity index (χ1n) is 7.78. The highest BCUT2D eigenvalue weighted by Gasteiger charge is 2.44. The van der Waals surface area contributed by atoms with Gasteiger partial charge in [-0.05, 0) is 27.2 Å². The van der Waals surface area contributed by atoms with Crippen LogP contribution in [0, 0.1) is 5.41 Å². The fourth-order valence-electron chi connectivity index (χ4n) is 2.32. The van der Waals surface area contributed by atoms with Gasteiger partial charge >= 0.3 is 5.97 Å². The number of hydrogen-bond donors (Lipinski definition) is 2. The molecule has 0 aliphatic rings. The van der Waals surface area contributed by atoms with Crippen LogP contribution in [0.3, 0.4) is 0 Å². The minimum Gasteiger partial charge on any atom is -0.481 e. The average molecular weight is 271 g/mol. The summed E-state index contributed by atoms with van der Waals surface area (Å²) in [5.74, 6) is -0.775. The highest BCUT2D eigenvalue weighted by atomic mass is 16.4. The molecular weight excluding hydrogens is 238 g/mol. The molecule has 19 heavy (non-hydrogen) atoms. The highest BCUT2D eigenvalue weighted by Crippen LogP contribution is 2.35. The summed E-state index contributed by atoms with van der Waals surface area (Å²) in [4.78, 5) is 11.4. The molecule has 0 rings (SSSR count). The Bertz CT molecular complexity index is 258. The Morgan fingerprint density at radius 2 is 1.37 bits per heavy atom. The van der Waals surface area contributed by atoms with Crippen molar-refractivity contribution >= 4 is 5.97 Å². The molecule has 1 unspecified atom stereocenters. The quantitative estimate of drug-likeness (QED) is 0.549. The number of rotatable bonds is 11. The molecular formula is C16H33NO2. The van der Waals surface area contributed by atoms with Crippen LogP contribution in [0.15, 0.2) is 0 Å². The maximum absolute atomic E-state index is 11.4. The van der Waals surface area contributed by atoms with Crippen LogP contribution in [0.1, 0.15) is 85.5 Å². The average Bonchev–Trinajstić information content (AvgIpc) is 2.30. The monoisotopic (exact) mass is 271 g/mol. The third kappa shape index (κ3) is 6.42. The van der Waals surface area contributed by atoms with Crippen LogP contribution < -0.4 is 5.73 Å². The lowest BCUT2D eigenvalue weighted by Gasteiger charge is -2.38. The van der Waals surface area contributed by atoms with Crippen molar-refractivity contribution in [2.24, 2.45) is 11.1 Å². The zero-order valence-electron chi connectivity index (χ0n) is 13.3. The van der Waals surface area contributed by atoms with Crippen molar-refractivity contribution < 1.29 is 9.90 Å². The van der Waals surface area contributed by atoms with Crippen molar-refractivity contribution in [3.8, 4) is 0 Å². The number of carbonyl (C=O) groups is 1. The van der Waals surface area contributed by atoms with E-state index in [9.17, 15) is 9.90 Å². The summed E-state index contributed by atoms with van der Waals surface area (Å²) in [6.07, 6.45) is 10.5. The predicted molar refractivity (Wildman–Crippen MR) is 81.2 cm³/mol. The van der Waals surface area contributed by atoms with Gasteiger partial charge in [0, 0.05) is 5.54 Å². The first-order chi connectivity index (χ1) is 8.75. The van der Waals surface area contributed by atoms with E-state index >= 15 is 0 Å². The van der Waals surface area contributed by atoms with E-state index in [-0.39, 0.29) is 0 Å². The summed E-state index contributed by atoms with van der Waals surface area (Å²) in [5.41, 5.74) is 4.53. The van der Waals surface area contributed by atoms with Crippen LogP contribution in [0.4, 0.5) is 0 Å². The van der Waals surface area contributed by atoms with E-state index < -0.39 is 16.9 Å². The smallest absolute Gasteiger partial charge is 0.311 e. The topological polar surface area (TPSA) is 63.3 Å². The third-order valence-electron chi connectivity index (χ3n) is 4.42. The summed E-state index contributed by atoms with van der Waals surface area (Å²) in [6.45, 7) is 7.62. The maximum atomic E-state index is 11.4. The lowest BCUT2D eigenvalue weighted by atomic mass is 9.70. The largest absolute Gasteiger partial charge is 0.481 e. The molecule has 3 heteroatoms. The Kier molecular flexibility index (Phi) is 8.31.